The third-order valence-electron chi connectivity index (χ3n) is 25.5. The second-order valence-corrected chi connectivity index (χ2v) is 33.5. The molecule has 3 aliphatic rings. The summed E-state index contributed by atoms with van der Waals surface area (Å²) >= 11 is 1.87. The maximum atomic E-state index is 2.53. The summed E-state index contributed by atoms with van der Waals surface area (Å²) in [4.78, 5) is 0. The molecule has 0 saturated carbocycles. The maximum absolute atomic E-state index is 2.53. The van der Waals surface area contributed by atoms with E-state index in [-0.39, 0.29) is 16.2 Å². The van der Waals surface area contributed by atoms with Crippen molar-refractivity contribution in [3.63, 3.8) is 0 Å². The number of hydrogen-bond acceptors (Lipinski definition) is 1. The second kappa shape index (κ2) is 24.1. The predicted octanol–water partition coefficient (Wildman–Crippen LogP) is 30.7. The Balaban J connectivity index is 0.000000136. The van der Waals surface area contributed by atoms with Crippen LogP contribution in [0, 0.1) is 0 Å². The van der Waals surface area contributed by atoms with Crippen LogP contribution in [0.4, 0.5) is 0 Å². The van der Waals surface area contributed by atoms with Crippen LogP contribution in [-0.4, -0.2) is 0 Å². The van der Waals surface area contributed by atoms with Crippen molar-refractivity contribution in [2.24, 2.45) is 0 Å². The molecule has 0 radical (unpaired) electrons. The van der Waals surface area contributed by atoms with Crippen LogP contribution in [0.3, 0.4) is 0 Å². The van der Waals surface area contributed by atoms with E-state index >= 15 is 0 Å². The summed E-state index contributed by atoms with van der Waals surface area (Å²) in [5.74, 6) is 0. The second-order valence-electron chi connectivity index (χ2n) is 32.4. The standard InChI is InChI=1S/C58H42.C51H34S/c1-57(2)50-31-30-38(33-48(50)55-39-16-6-5-15-36(39)29-32-51(55)57)35-25-27-37(28-26-35)53-42-19-9-11-21-44(42)54(45-22-12-10-20-43(45)53)47-34-52-56(41-18-8-7-17-40(41)47)46-23-13-14-24-49(46)58(52,3)4;1-51(2)44-26-24-34(29-43(44)50-36-12-4-3-11-32(36)23-27-45(50)51)31-19-21-33(22-20-31)48-38-14-5-7-16-40(38)49(41-17-8-6-15-39(41)48)35-25-28-47-42(30-35)37-13-9-10-18-46(37)52-47/h5-34H,1-4H3;3-30H,1-2H3. The lowest BCUT2D eigenvalue weighted by molar-refractivity contribution is 0.661. The minimum atomic E-state index is -0.107. The van der Waals surface area contributed by atoms with Gasteiger partial charge in [-0.15, -0.1) is 11.3 Å². The van der Waals surface area contributed by atoms with E-state index in [9.17, 15) is 0 Å². The van der Waals surface area contributed by atoms with Crippen molar-refractivity contribution >= 4 is 107 Å². The third-order valence-corrected chi connectivity index (χ3v) is 26.7. The van der Waals surface area contributed by atoms with Gasteiger partial charge in [-0.25, -0.2) is 0 Å². The van der Waals surface area contributed by atoms with E-state index in [4.69, 9.17) is 0 Å². The first kappa shape index (κ1) is 64.4. The van der Waals surface area contributed by atoms with Gasteiger partial charge in [0.15, 0.2) is 0 Å². The number of thiophene rings is 1. The number of rotatable bonds is 6. The summed E-state index contributed by atoms with van der Waals surface area (Å²) in [6.45, 7) is 14.3. The molecule has 1 aromatic heterocycles. The molecular formula is C109H76S. The van der Waals surface area contributed by atoms with Gasteiger partial charge in [-0.3, -0.25) is 0 Å². The van der Waals surface area contributed by atoms with Gasteiger partial charge in [-0.05, 0) is 245 Å². The molecule has 0 aliphatic heterocycles. The van der Waals surface area contributed by atoms with Crippen molar-refractivity contribution in [2.45, 2.75) is 57.8 Å². The topological polar surface area (TPSA) is 0 Å². The fourth-order valence-corrected chi connectivity index (χ4v) is 21.3. The summed E-state index contributed by atoms with van der Waals surface area (Å²) in [5, 5.41) is 20.8. The molecule has 3 aliphatic carbocycles. The van der Waals surface area contributed by atoms with E-state index in [1.54, 1.807) is 0 Å². The van der Waals surface area contributed by atoms with Crippen molar-refractivity contribution in [1.29, 1.82) is 0 Å². The Kier molecular flexibility index (Phi) is 14.1. The molecule has 0 nitrogen and oxygen atoms in total. The summed E-state index contributed by atoms with van der Waals surface area (Å²) in [5.41, 5.74) is 31.7. The van der Waals surface area contributed by atoms with Crippen LogP contribution in [0.2, 0.25) is 0 Å². The minimum Gasteiger partial charge on any atom is -0.135 e. The molecule has 0 spiro atoms. The van der Waals surface area contributed by atoms with Crippen LogP contribution in [0.5, 0.6) is 0 Å². The predicted molar refractivity (Wildman–Crippen MR) is 474 cm³/mol. The van der Waals surface area contributed by atoms with Crippen molar-refractivity contribution in [3.05, 3.63) is 385 Å². The van der Waals surface area contributed by atoms with Gasteiger partial charge in [0.05, 0.1) is 0 Å². The highest BCUT2D eigenvalue weighted by Crippen LogP contribution is 2.58. The number of hydrogen-bond donors (Lipinski definition) is 0. The normalized spacial score (nSPS) is 13.9. The summed E-state index contributed by atoms with van der Waals surface area (Å²) in [7, 11) is 0. The zero-order valence-electron chi connectivity index (χ0n) is 62.4. The summed E-state index contributed by atoms with van der Waals surface area (Å²) < 4.78 is 2.67. The Bertz CT molecular complexity index is 7220. The van der Waals surface area contributed by atoms with E-state index in [0.29, 0.717) is 0 Å². The van der Waals surface area contributed by atoms with Crippen LogP contribution >= 0.6 is 11.3 Å². The average molecular weight is 1420 g/mol. The maximum Gasteiger partial charge on any atom is 0.0355 e. The quantitative estimate of drug-likeness (QED) is 0.146. The van der Waals surface area contributed by atoms with Gasteiger partial charge in [0, 0.05) is 36.4 Å². The van der Waals surface area contributed by atoms with Crippen LogP contribution in [0.1, 0.15) is 74.9 Å². The van der Waals surface area contributed by atoms with E-state index < -0.39 is 0 Å². The SMILES string of the molecule is CC1(C)c2ccc(-c3ccc(-c4c5ccccc5c(-c5cc6c(c7ccccc57)-c5ccccc5C6(C)C)c5ccccc45)cc3)cc2-c2c1ccc1ccccc21.CC1(C)c2ccc(-c3ccc(-c4c5ccccc5c(-c5ccc6sc7ccccc7c6c5)c5ccccc45)cc3)cc2-c2c1ccc1ccccc21. The van der Waals surface area contributed by atoms with Crippen molar-refractivity contribution in [1.82, 2.24) is 0 Å². The molecule has 0 N–H and O–H groups in total. The minimum absolute atomic E-state index is 0.0331. The number of fused-ring (bicyclic) bond motifs is 22. The largest absolute Gasteiger partial charge is 0.135 e. The molecular weight excluding hydrogens is 1340 g/mol. The van der Waals surface area contributed by atoms with Crippen LogP contribution in [0.25, 0.3) is 196 Å². The van der Waals surface area contributed by atoms with Gasteiger partial charge in [-0.2, -0.15) is 0 Å². The Morgan fingerprint density at radius 1 is 0.164 bits per heavy atom. The zero-order chi connectivity index (χ0) is 73.5. The van der Waals surface area contributed by atoms with Gasteiger partial charge >= 0.3 is 0 Å². The van der Waals surface area contributed by atoms with Crippen LogP contribution < -0.4 is 0 Å². The molecule has 20 aromatic rings. The molecule has 518 valence electrons. The van der Waals surface area contributed by atoms with Gasteiger partial charge in [0.2, 0.25) is 0 Å². The Labute approximate surface area is 645 Å². The molecule has 1 heterocycles. The Morgan fingerprint density at radius 2 is 0.482 bits per heavy atom. The van der Waals surface area contributed by atoms with Crippen LogP contribution in [0.15, 0.2) is 352 Å². The van der Waals surface area contributed by atoms with E-state index in [0.717, 1.165) is 0 Å². The number of benzene rings is 19. The fraction of sp³-hybridized carbons (Fsp3) is 0.0826. The molecule has 1 heteroatoms. The van der Waals surface area contributed by atoms with Gasteiger partial charge in [-0.1, -0.05) is 357 Å². The van der Waals surface area contributed by atoms with Gasteiger partial charge in [0.25, 0.3) is 0 Å². The lowest BCUT2D eigenvalue weighted by atomic mass is 9.79. The molecule has 0 atom stereocenters. The Hall–Kier alpha value is -12.8. The lowest BCUT2D eigenvalue weighted by Crippen LogP contribution is -2.15. The van der Waals surface area contributed by atoms with Crippen LogP contribution in [-0.2, 0) is 16.2 Å². The highest BCUT2D eigenvalue weighted by Gasteiger charge is 2.40. The van der Waals surface area contributed by atoms with E-state index in [1.807, 2.05) is 11.3 Å². The third kappa shape index (κ3) is 9.44. The zero-order valence-corrected chi connectivity index (χ0v) is 63.2. The van der Waals surface area contributed by atoms with Gasteiger partial charge in [0.1, 0.15) is 0 Å². The average Bonchev–Trinajstić information content (AvgIpc) is 1.50. The summed E-state index contributed by atoms with van der Waals surface area (Å²) in [6, 6.07) is 132. The van der Waals surface area contributed by atoms with Crippen molar-refractivity contribution in [3.8, 4) is 100 Å². The molecule has 19 aromatic carbocycles. The molecule has 0 amide bonds. The summed E-state index contributed by atoms with van der Waals surface area (Å²) in [6.07, 6.45) is 0. The fourth-order valence-electron chi connectivity index (χ4n) is 20.2. The first-order valence-electron chi connectivity index (χ1n) is 38.9. The molecule has 0 fully saturated rings. The van der Waals surface area contributed by atoms with E-state index in [1.165, 1.54) is 229 Å². The highest BCUT2D eigenvalue weighted by molar-refractivity contribution is 7.25. The van der Waals surface area contributed by atoms with Crippen molar-refractivity contribution < 1.29 is 0 Å². The molecule has 0 bridgehead atoms. The highest BCUT2D eigenvalue weighted by atomic mass is 32.1. The van der Waals surface area contributed by atoms with E-state index in [2.05, 4.69) is 393 Å². The molecule has 110 heavy (non-hydrogen) atoms. The molecule has 0 unspecified atom stereocenters. The van der Waals surface area contributed by atoms with Gasteiger partial charge < -0.3 is 0 Å². The molecule has 0 saturated heterocycles. The molecule has 23 rings (SSSR count). The monoisotopic (exact) mass is 1420 g/mol. The lowest BCUT2D eigenvalue weighted by Gasteiger charge is -2.24. The smallest absolute Gasteiger partial charge is 0.0355 e. The Morgan fingerprint density at radius 3 is 0.964 bits per heavy atom. The first-order valence-corrected chi connectivity index (χ1v) is 39.7. The van der Waals surface area contributed by atoms with Crippen molar-refractivity contribution in [2.75, 3.05) is 0 Å². The first-order chi connectivity index (χ1) is 53.8.